The van der Waals surface area contributed by atoms with Crippen LogP contribution in [0.15, 0.2) is 24.3 Å². The van der Waals surface area contributed by atoms with Gasteiger partial charge in [-0.3, -0.25) is 9.59 Å². The van der Waals surface area contributed by atoms with E-state index >= 15 is 0 Å². The first-order valence-electron chi connectivity index (χ1n) is 6.66. The van der Waals surface area contributed by atoms with Crippen LogP contribution >= 0.6 is 0 Å². The molecule has 2 amide bonds. The van der Waals surface area contributed by atoms with E-state index in [9.17, 15) is 9.59 Å². The standard InChI is InChI=1S/C14H19N3O3/c15-12-4-2-1-3-11(12)14(19)16-6-5-13(18)17-7-9-20-10-8-17/h1-4H,5-10,15H2,(H,16,19). The van der Waals surface area contributed by atoms with Crippen LogP contribution in [0.3, 0.4) is 0 Å². The molecule has 1 saturated heterocycles. The second-order valence-electron chi connectivity index (χ2n) is 4.59. The van der Waals surface area contributed by atoms with E-state index in [4.69, 9.17) is 10.5 Å². The van der Waals surface area contributed by atoms with Crippen LogP contribution in [0.2, 0.25) is 0 Å². The third kappa shape index (κ3) is 3.71. The van der Waals surface area contributed by atoms with Crippen molar-refractivity contribution in [2.75, 3.05) is 38.6 Å². The lowest BCUT2D eigenvalue weighted by Crippen LogP contribution is -2.42. The monoisotopic (exact) mass is 277 g/mol. The number of benzene rings is 1. The molecule has 6 heteroatoms. The maximum absolute atomic E-state index is 11.9. The molecule has 1 heterocycles. The second kappa shape index (κ2) is 6.91. The van der Waals surface area contributed by atoms with Crippen LogP contribution in [0.5, 0.6) is 0 Å². The Morgan fingerprint density at radius 3 is 2.65 bits per heavy atom. The van der Waals surface area contributed by atoms with Gasteiger partial charge in [0.25, 0.3) is 5.91 Å². The van der Waals surface area contributed by atoms with Crippen molar-refractivity contribution in [1.29, 1.82) is 0 Å². The average Bonchev–Trinajstić information content (AvgIpc) is 2.48. The van der Waals surface area contributed by atoms with Crippen LogP contribution in [-0.2, 0) is 9.53 Å². The van der Waals surface area contributed by atoms with Crippen LogP contribution in [-0.4, -0.2) is 49.6 Å². The number of nitrogens with one attached hydrogen (secondary N) is 1. The largest absolute Gasteiger partial charge is 0.398 e. The van der Waals surface area contributed by atoms with E-state index < -0.39 is 0 Å². The number of nitrogens with two attached hydrogens (primary N) is 1. The predicted molar refractivity (Wildman–Crippen MR) is 75.2 cm³/mol. The van der Waals surface area contributed by atoms with Crippen LogP contribution in [0.25, 0.3) is 0 Å². The molecular formula is C14H19N3O3. The van der Waals surface area contributed by atoms with Crippen molar-refractivity contribution in [3.63, 3.8) is 0 Å². The predicted octanol–water partition coefficient (Wildman–Crippen LogP) is 0.248. The topological polar surface area (TPSA) is 84.7 Å². The number of hydrogen-bond acceptors (Lipinski definition) is 4. The fraction of sp³-hybridized carbons (Fsp3) is 0.429. The number of carbonyl (C=O) groups excluding carboxylic acids is 2. The summed E-state index contributed by atoms with van der Waals surface area (Å²) in [5, 5.41) is 2.71. The van der Waals surface area contributed by atoms with Gasteiger partial charge in [-0.25, -0.2) is 0 Å². The number of morpholine rings is 1. The van der Waals surface area contributed by atoms with Crippen LogP contribution in [0.1, 0.15) is 16.8 Å². The van der Waals surface area contributed by atoms with Gasteiger partial charge in [-0.15, -0.1) is 0 Å². The van der Waals surface area contributed by atoms with E-state index in [0.717, 1.165) is 0 Å². The van der Waals surface area contributed by atoms with Crippen LogP contribution in [0, 0.1) is 0 Å². The molecule has 0 atom stereocenters. The second-order valence-corrected chi connectivity index (χ2v) is 4.59. The maximum Gasteiger partial charge on any atom is 0.253 e. The van der Waals surface area contributed by atoms with Gasteiger partial charge in [0.05, 0.1) is 18.8 Å². The Bertz CT molecular complexity index is 484. The zero-order valence-electron chi connectivity index (χ0n) is 11.3. The van der Waals surface area contributed by atoms with Crippen molar-refractivity contribution in [1.82, 2.24) is 10.2 Å². The Hall–Kier alpha value is -2.08. The number of rotatable bonds is 4. The molecule has 0 unspecified atom stereocenters. The van der Waals surface area contributed by atoms with E-state index in [-0.39, 0.29) is 11.8 Å². The third-order valence-corrected chi connectivity index (χ3v) is 3.19. The molecule has 0 radical (unpaired) electrons. The first kappa shape index (κ1) is 14.3. The van der Waals surface area contributed by atoms with E-state index in [2.05, 4.69) is 5.32 Å². The van der Waals surface area contributed by atoms with E-state index in [1.165, 1.54) is 0 Å². The molecule has 1 aromatic carbocycles. The lowest BCUT2D eigenvalue weighted by atomic mass is 10.1. The summed E-state index contributed by atoms with van der Waals surface area (Å²) >= 11 is 0. The zero-order chi connectivity index (χ0) is 14.4. The maximum atomic E-state index is 11.9. The number of carbonyl (C=O) groups is 2. The summed E-state index contributed by atoms with van der Waals surface area (Å²) in [5.74, 6) is -0.215. The summed E-state index contributed by atoms with van der Waals surface area (Å²) in [6.07, 6.45) is 0.290. The number of para-hydroxylation sites is 1. The van der Waals surface area contributed by atoms with Gasteiger partial charge < -0.3 is 20.7 Å². The van der Waals surface area contributed by atoms with Crippen molar-refractivity contribution in [3.05, 3.63) is 29.8 Å². The molecule has 0 saturated carbocycles. The highest BCUT2D eigenvalue weighted by Crippen LogP contribution is 2.09. The fourth-order valence-corrected chi connectivity index (χ4v) is 2.05. The molecule has 1 fully saturated rings. The molecule has 1 aliphatic heterocycles. The molecule has 1 aliphatic rings. The molecule has 1 aromatic rings. The SMILES string of the molecule is Nc1ccccc1C(=O)NCCC(=O)N1CCOCC1. The number of amides is 2. The van der Waals surface area contributed by atoms with Crippen LogP contribution in [0.4, 0.5) is 5.69 Å². The van der Waals surface area contributed by atoms with Gasteiger partial charge in [0.15, 0.2) is 0 Å². The molecule has 0 bridgehead atoms. The smallest absolute Gasteiger partial charge is 0.253 e. The lowest BCUT2D eigenvalue weighted by molar-refractivity contribution is -0.135. The highest BCUT2D eigenvalue weighted by atomic mass is 16.5. The molecule has 0 aromatic heterocycles. The molecule has 0 aliphatic carbocycles. The van der Waals surface area contributed by atoms with Gasteiger partial charge in [-0.2, -0.15) is 0 Å². The van der Waals surface area contributed by atoms with Gasteiger partial charge in [0.2, 0.25) is 5.91 Å². The Balaban J connectivity index is 1.76. The van der Waals surface area contributed by atoms with Crippen molar-refractivity contribution in [2.24, 2.45) is 0 Å². The van der Waals surface area contributed by atoms with Crippen molar-refractivity contribution >= 4 is 17.5 Å². The summed E-state index contributed by atoms with van der Waals surface area (Å²) in [6.45, 7) is 2.72. The number of nitrogens with zero attached hydrogens (tertiary/aromatic N) is 1. The highest BCUT2D eigenvalue weighted by molar-refractivity contribution is 5.99. The number of hydrogen-bond donors (Lipinski definition) is 2. The van der Waals surface area contributed by atoms with Crippen molar-refractivity contribution < 1.29 is 14.3 Å². The molecule has 2 rings (SSSR count). The Labute approximate surface area is 117 Å². The summed E-state index contributed by atoms with van der Waals surface area (Å²) in [4.78, 5) is 25.5. The lowest BCUT2D eigenvalue weighted by Gasteiger charge is -2.26. The van der Waals surface area contributed by atoms with Gasteiger partial charge in [0.1, 0.15) is 0 Å². The van der Waals surface area contributed by atoms with Crippen molar-refractivity contribution in [2.45, 2.75) is 6.42 Å². The fourth-order valence-electron chi connectivity index (χ4n) is 2.05. The van der Waals surface area contributed by atoms with Crippen molar-refractivity contribution in [3.8, 4) is 0 Å². The van der Waals surface area contributed by atoms with E-state index in [1.807, 2.05) is 0 Å². The quantitative estimate of drug-likeness (QED) is 0.773. The summed E-state index contributed by atoms with van der Waals surface area (Å²) < 4.78 is 5.19. The summed E-state index contributed by atoms with van der Waals surface area (Å²) in [6, 6.07) is 6.86. The van der Waals surface area contributed by atoms with Gasteiger partial charge in [-0.05, 0) is 12.1 Å². The van der Waals surface area contributed by atoms with Gasteiger partial charge in [-0.1, -0.05) is 12.1 Å². The Morgan fingerprint density at radius 1 is 1.25 bits per heavy atom. The molecular weight excluding hydrogens is 258 g/mol. The zero-order valence-corrected chi connectivity index (χ0v) is 11.3. The first-order chi connectivity index (χ1) is 9.68. The van der Waals surface area contributed by atoms with Crippen LogP contribution < -0.4 is 11.1 Å². The minimum absolute atomic E-state index is 0.0367. The summed E-state index contributed by atoms with van der Waals surface area (Å²) in [5.41, 5.74) is 6.59. The molecule has 20 heavy (non-hydrogen) atoms. The number of ether oxygens (including phenoxy) is 1. The van der Waals surface area contributed by atoms with E-state index in [0.29, 0.717) is 50.5 Å². The number of anilines is 1. The number of nitrogen functional groups attached to an aromatic ring is 1. The highest BCUT2D eigenvalue weighted by Gasteiger charge is 2.16. The first-order valence-corrected chi connectivity index (χ1v) is 6.66. The van der Waals surface area contributed by atoms with Gasteiger partial charge >= 0.3 is 0 Å². The average molecular weight is 277 g/mol. The van der Waals surface area contributed by atoms with E-state index in [1.54, 1.807) is 29.2 Å². The molecule has 3 N–H and O–H groups in total. The molecule has 6 nitrogen and oxygen atoms in total. The minimum atomic E-state index is -0.252. The normalized spacial score (nSPS) is 14.9. The minimum Gasteiger partial charge on any atom is -0.398 e. The Kier molecular flexibility index (Phi) is 4.95. The molecule has 0 spiro atoms. The molecule has 108 valence electrons. The summed E-state index contributed by atoms with van der Waals surface area (Å²) in [7, 11) is 0. The third-order valence-electron chi connectivity index (χ3n) is 3.19. The van der Waals surface area contributed by atoms with Gasteiger partial charge in [0, 0.05) is 31.7 Å². The Morgan fingerprint density at radius 2 is 1.95 bits per heavy atom.